The minimum atomic E-state index is 0. The lowest BCUT2D eigenvalue weighted by Crippen LogP contribution is -2.42. The van der Waals surface area contributed by atoms with Crippen molar-refractivity contribution >= 4 is 29.9 Å². The van der Waals surface area contributed by atoms with E-state index in [2.05, 4.69) is 39.7 Å². The van der Waals surface area contributed by atoms with Crippen molar-refractivity contribution in [3.8, 4) is 0 Å². The molecule has 2 rings (SSSR count). The third-order valence-electron chi connectivity index (χ3n) is 3.06. The average molecular weight is 386 g/mol. The highest BCUT2D eigenvalue weighted by Gasteiger charge is 2.11. The van der Waals surface area contributed by atoms with Gasteiger partial charge >= 0.3 is 0 Å². The van der Waals surface area contributed by atoms with Crippen molar-refractivity contribution in [2.45, 2.75) is 32.2 Å². The molecule has 0 saturated carbocycles. The summed E-state index contributed by atoms with van der Waals surface area (Å²) >= 11 is 0. The van der Waals surface area contributed by atoms with E-state index >= 15 is 0 Å². The van der Waals surface area contributed by atoms with Crippen LogP contribution in [0.2, 0.25) is 0 Å². The van der Waals surface area contributed by atoms with Crippen LogP contribution in [-0.4, -0.2) is 30.1 Å². The lowest BCUT2D eigenvalue weighted by atomic mass is 10.2. The van der Waals surface area contributed by atoms with Gasteiger partial charge in [-0.3, -0.25) is 9.98 Å². The monoisotopic (exact) mass is 386 g/mol. The quantitative estimate of drug-likeness (QED) is 0.354. The fourth-order valence-corrected chi connectivity index (χ4v) is 2.08. The number of hydrogen-bond donors (Lipinski definition) is 2. The Morgan fingerprint density at radius 2 is 2.15 bits per heavy atom. The number of aromatic nitrogens is 1. The number of hydrogen-bond acceptors (Lipinski definition) is 2. The van der Waals surface area contributed by atoms with Crippen LogP contribution in [0.1, 0.15) is 25.5 Å². The van der Waals surface area contributed by atoms with Crippen molar-refractivity contribution in [2.75, 3.05) is 13.1 Å². The summed E-state index contributed by atoms with van der Waals surface area (Å²) in [4.78, 5) is 8.90. The van der Waals surface area contributed by atoms with E-state index in [9.17, 15) is 0 Å². The van der Waals surface area contributed by atoms with Crippen LogP contribution in [0.25, 0.3) is 0 Å². The van der Waals surface area contributed by atoms with Crippen molar-refractivity contribution in [3.63, 3.8) is 0 Å². The fraction of sp³-hybridized carbons (Fsp3) is 0.467. The van der Waals surface area contributed by atoms with Crippen molar-refractivity contribution in [1.29, 1.82) is 0 Å². The zero-order valence-corrected chi connectivity index (χ0v) is 14.2. The highest BCUT2D eigenvalue weighted by Crippen LogP contribution is 2.08. The van der Waals surface area contributed by atoms with Gasteiger partial charge in [-0.25, -0.2) is 0 Å². The topological polar surface area (TPSA) is 49.3 Å². The maximum absolute atomic E-state index is 4.60. The van der Waals surface area contributed by atoms with Gasteiger partial charge in [-0.1, -0.05) is 18.2 Å². The van der Waals surface area contributed by atoms with Gasteiger partial charge in [0.25, 0.3) is 0 Å². The zero-order valence-electron chi connectivity index (χ0n) is 11.9. The summed E-state index contributed by atoms with van der Waals surface area (Å²) in [5, 5.41) is 6.75. The standard InChI is InChI=1S/C15H22N4.HI/c1-2-16-15(19-14-8-3-4-9-14)18-12-10-13-7-5-6-11-17-13;/h3-7,11,14H,2,8-10,12H2,1H3,(H2,16,18,19);1H. The van der Waals surface area contributed by atoms with E-state index in [-0.39, 0.29) is 24.0 Å². The summed E-state index contributed by atoms with van der Waals surface area (Å²) in [6.07, 6.45) is 9.31. The molecule has 1 aliphatic carbocycles. The van der Waals surface area contributed by atoms with E-state index in [1.54, 1.807) is 0 Å². The van der Waals surface area contributed by atoms with E-state index < -0.39 is 0 Å². The lowest BCUT2D eigenvalue weighted by Gasteiger charge is -2.16. The number of aliphatic imine (C=N–C) groups is 1. The fourth-order valence-electron chi connectivity index (χ4n) is 2.08. The summed E-state index contributed by atoms with van der Waals surface area (Å²) in [6, 6.07) is 6.48. The molecule has 4 nitrogen and oxygen atoms in total. The van der Waals surface area contributed by atoms with Gasteiger partial charge in [-0.05, 0) is 31.9 Å². The molecule has 5 heteroatoms. The first-order valence-electron chi connectivity index (χ1n) is 6.98. The van der Waals surface area contributed by atoms with Gasteiger partial charge in [0, 0.05) is 37.4 Å². The van der Waals surface area contributed by atoms with E-state index in [0.29, 0.717) is 6.04 Å². The molecule has 1 heterocycles. The van der Waals surface area contributed by atoms with Gasteiger partial charge in [0.1, 0.15) is 0 Å². The summed E-state index contributed by atoms with van der Waals surface area (Å²) in [7, 11) is 0. The summed E-state index contributed by atoms with van der Waals surface area (Å²) < 4.78 is 0. The number of nitrogens with zero attached hydrogens (tertiary/aromatic N) is 2. The molecule has 1 aromatic rings. The molecule has 0 unspecified atom stereocenters. The maximum atomic E-state index is 4.60. The van der Waals surface area contributed by atoms with Crippen LogP contribution in [0.4, 0.5) is 0 Å². The molecule has 0 saturated heterocycles. The molecule has 20 heavy (non-hydrogen) atoms. The summed E-state index contributed by atoms with van der Waals surface area (Å²) in [6.45, 7) is 3.73. The Kier molecular flexibility index (Phi) is 8.25. The number of halogens is 1. The molecule has 1 aromatic heterocycles. The van der Waals surface area contributed by atoms with Gasteiger partial charge in [-0.15, -0.1) is 24.0 Å². The molecule has 0 radical (unpaired) electrons. The number of rotatable bonds is 5. The van der Waals surface area contributed by atoms with Crippen LogP contribution >= 0.6 is 24.0 Å². The molecule has 0 amide bonds. The number of guanidine groups is 1. The molecule has 1 aliphatic rings. The third kappa shape index (κ3) is 5.90. The maximum Gasteiger partial charge on any atom is 0.191 e. The van der Waals surface area contributed by atoms with Crippen molar-refractivity contribution in [3.05, 3.63) is 42.2 Å². The van der Waals surface area contributed by atoms with Crippen LogP contribution in [0.5, 0.6) is 0 Å². The Morgan fingerprint density at radius 1 is 1.35 bits per heavy atom. The van der Waals surface area contributed by atoms with E-state index in [0.717, 1.165) is 44.0 Å². The molecular formula is C15H23IN4. The van der Waals surface area contributed by atoms with Gasteiger partial charge in [-0.2, -0.15) is 0 Å². The van der Waals surface area contributed by atoms with E-state index in [4.69, 9.17) is 0 Å². The Labute approximate surface area is 138 Å². The van der Waals surface area contributed by atoms with Gasteiger partial charge in [0.15, 0.2) is 5.96 Å². The molecule has 0 bridgehead atoms. The van der Waals surface area contributed by atoms with Crippen LogP contribution < -0.4 is 10.6 Å². The second kappa shape index (κ2) is 9.74. The molecule has 0 spiro atoms. The molecule has 0 fully saturated rings. The second-order valence-electron chi connectivity index (χ2n) is 4.62. The number of pyridine rings is 1. The first-order chi connectivity index (χ1) is 9.38. The summed E-state index contributed by atoms with van der Waals surface area (Å²) in [5.74, 6) is 0.909. The molecule has 0 atom stereocenters. The largest absolute Gasteiger partial charge is 0.357 e. The number of nitrogens with one attached hydrogen (secondary N) is 2. The SMILES string of the molecule is CCNC(=NCCc1ccccn1)NC1CC=CC1.I. The zero-order chi connectivity index (χ0) is 13.3. The van der Waals surface area contributed by atoms with Crippen LogP contribution in [0.15, 0.2) is 41.5 Å². The average Bonchev–Trinajstić information content (AvgIpc) is 2.93. The minimum Gasteiger partial charge on any atom is -0.357 e. The van der Waals surface area contributed by atoms with Gasteiger partial charge in [0.05, 0.1) is 0 Å². The molecule has 0 aliphatic heterocycles. The van der Waals surface area contributed by atoms with Crippen LogP contribution in [0, 0.1) is 0 Å². The van der Waals surface area contributed by atoms with Gasteiger partial charge < -0.3 is 10.6 Å². The highest BCUT2D eigenvalue weighted by atomic mass is 127. The first-order valence-corrected chi connectivity index (χ1v) is 6.98. The first kappa shape index (κ1) is 16.9. The smallest absolute Gasteiger partial charge is 0.191 e. The Bertz CT molecular complexity index is 423. The van der Waals surface area contributed by atoms with Crippen molar-refractivity contribution in [1.82, 2.24) is 15.6 Å². The van der Waals surface area contributed by atoms with Crippen LogP contribution in [0.3, 0.4) is 0 Å². The Morgan fingerprint density at radius 3 is 2.80 bits per heavy atom. The second-order valence-corrected chi connectivity index (χ2v) is 4.62. The van der Waals surface area contributed by atoms with Crippen molar-refractivity contribution in [2.24, 2.45) is 4.99 Å². The molecule has 0 aromatic carbocycles. The predicted molar refractivity (Wildman–Crippen MR) is 94.6 cm³/mol. The third-order valence-corrected chi connectivity index (χ3v) is 3.06. The van der Waals surface area contributed by atoms with E-state index in [1.165, 1.54) is 0 Å². The summed E-state index contributed by atoms with van der Waals surface area (Å²) in [5.41, 5.74) is 1.09. The molecule has 2 N–H and O–H groups in total. The normalized spacial score (nSPS) is 14.9. The molecular weight excluding hydrogens is 363 g/mol. The Hall–Kier alpha value is -1.11. The Balaban J connectivity index is 0.00000200. The molecule has 110 valence electrons. The lowest BCUT2D eigenvalue weighted by molar-refractivity contribution is 0.633. The predicted octanol–water partition coefficient (Wildman–Crippen LogP) is 2.52. The van der Waals surface area contributed by atoms with E-state index in [1.807, 2.05) is 24.4 Å². The van der Waals surface area contributed by atoms with Crippen molar-refractivity contribution < 1.29 is 0 Å². The van der Waals surface area contributed by atoms with Gasteiger partial charge in [0.2, 0.25) is 0 Å². The van der Waals surface area contributed by atoms with Crippen LogP contribution in [-0.2, 0) is 6.42 Å². The highest BCUT2D eigenvalue weighted by molar-refractivity contribution is 14.0. The minimum absolute atomic E-state index is 0.